The number of thioether (sulfide) groups is 2. The molecule has 32 heavy (non-hydrogen) atoms. The zero-order chi connectivity index (χ0) is 22.8. The number of amides is 1. The zero-order valence-corrected chi connectivity index (χ0v) is 19.5. The van der Waals surface area contributed by atoms with Crippen LogP contribution in [0.2, 0.25) is 0 Å². The SMILES string of the molecule is Cc1nnc(SCC2=C(C(=O)O)N3C(=O)[C@@H](OC(=O)Cc4ccccc4CN)[C@@H]3SC2)s1. The van der Waals surface area contributed by atoms with Gasteiger partial charge in [-0.05, 0) is 23.6 Å². The molecule has 3 heterocycles. The van der Waals surface area contributed by atoms with Crippen LogP contribution in [0, 0.1) is 6.92 Å². The number of β-lactam (4-membered cyclic amide) rings is 1. The Hall–Kier alpha value is -2.41. The van der Waals surface area contributed by atoms with E-state index in [1.165, 1.54) is 39.8 Å². The third kappa shape index (κ3) is 4.53. The number of nitrogens with two attached hydrogens (primary N) is 1. The van der Waals surface area contributed by atoms with Gasteiger partial charge in [0.25, 0.3) is 5.91 Å². The second-order valence-electron chi connectivity index (χ2n) is 7.10. The standard InChI is InChI=1S/C20H20N4O5S3/c1-10-22-23-20(32-10)31-9-13-8-30-18-16(17(26)24(18)15(13)19(27)28)29-14(25)6-11-4-2-3-5-12(11)7-21/h2-5,16,18H,6-9,21H2,1H3,(H,27,28)/t16-,18+/m1/s1. The van der Waals surface area contributed by atoms with Gasteiger partial charge < -0.3 is 15.6 Å². The maximum absolute atomic E-state index is 12.7. The molecule has 12 heteroatoms. The highest BCUT2D eigenvalue weighted by Gasteiger charge is 2.55. The van der Waals surface area contributed by atoms with Crippen LogP contribution in [0.4, 0.5) is 0 Å². The number of hydrogen-bond acceptors (Lipinski definition) is 10. The van der Waals surface area contributed by atoms with E-state index in [9.17, 15) is 19.5 Å². The summed E-state index contributed by atoms with van der Waals surface area (Å²) in [5.41, 5.74) is 7.89. The first kappa shape index (κ1) is 22.8. The van der Waals surface area contributed by atoms with Gasteiger partial charge in [-0.25, -0.2) is 4.79 Å². The van der Waals surface area contributed by atoms with Gasteiger partial charge in [0.2, 0.25) is 6.10 Å². The fourth-order valence-corrected chi connectivity index (χ4v) is 6.76. The second-order valence-corrected chi connectivity index (χ2v) is 10.6. The first-order valence-corrected chi connectivity index (χ1v) is 12.5. The fraction of sp³-hybridized carbons (Fsp3) is 0.350. The van der Waals surface area contributed by atoms with Crippen LogP contribution in [0.15, 0.2) is 39.9 Å². The number of aliphatic carboxylic acids is 1. The highest BCUT2D eigenvalue weighted by molar-refractivity contribution is 8.01. The van der Waals surface area contributed by atoms with Crippen LogP contribution in [-0.4, -0.2) is 61.0 Å². The molecule has 0 radical (unpaired) electrons. The number of carbonyl (C=O) groups is 3. The summed E-state index contributed by atoms with van der Waals surface area (Å²) >= 11 is 4.21. The average molecular weight is 493 g/mol. The van der Waals surface area contributed by atoms with Crippen molar-refractivity contribution >= 4 is 52.7 Å². The van der Waals surface area contributed by atoms with Crippen molar-refractivity contribution in [2.24, 2.45) is 5.73 Å². The van der Waals surface area contributed by atoms with E-state index in [1.807, 2.05) is 25.1 Å². The van der Waals surface area contributed by atoms with Crippen LogP contribution in [0.5, 0.6) is 0 Å². The summed E-state index contributed by atoms with van der Waals surface area (Å²) in [7, 11) is 0. The molecule has 2 aliphatic heterocycles. The lowest BCUT2D eigenvalue weighted by Crippen LogP contribution is -2.66. The largest absolute Gasteiger partial charge is 0.477 e. The Balaban J connectivity index is 1.43. The molecular formula is C20H20N4O5S3. The number of carboxylic acids is 1. The van der Waals surface area contributed by atoms with Crippen LogP contribution in [0.3, 0.4) is 0 Å². The number of aryl methyl sites for hydroxylation is 1. The number of ether oxygens (including phenoxy) is 1. The molecular weight excluding hydrogens is 472 g/mol. The van der Waals surface area contributed by atoms with Crippen LogP contribution in [-0.2, 0) is 32.1 Å². The smallest absolute Gasteiger partial charge is 0.352 e. The Bertz CT molecular complexity index is 1100. The molecule has 0 spiro atoms. The highest BCUT2D eigenvalue weighted by atomic mass is 32.2. The minimum absolute atomic E-state index is 0.000672. The summed E-state index contributed by atoms with van der Waals surface area (Å²) in [6.45, 7) is 2.14. The predicted molar refractivity (Wildman–Crippen MR) is 121 cm³/mol. The molecule has 1 saturated heterocycles. The number of carbonyl (C=O) groups excluding carboxylic acids is 2. The van der Waals surface area contributed by atoms with Crippen LogP contribution < -0.4 is 5.73 Å². The summed E-state index contributed by atoms with van der Waals surface area (Å²) in [5, 5.41) is 18.0. The number of esters is 1. The number of fused-ring (bicyclic) bond motifs is 1. The van der Waals surface area contributed by atoms with E-state index in [0.717, 1.165) is 20.5 Å². The quantitative estimate of drug-likeness (QED) is 0.319. The maximum Gasteiger partial charge on any atom is 0.352 e. The summed E-state index contributed by atoms with van der Waals surface area (Å²) in [4.78, 5) is 38.4. The Kier molecular flexibility index (Phi) is 6.84. The van der Waals surface area contributed by atoms with E-state index in [1.54, 1.807) is 6.07 Å². The molecule has 2 atom stereocenters. The molecule has 0 bridgehead atoms. The summed E-state index contributed by atoms with van der Waals surface area (Å²) in [5.74, 6) is -1.42. The van der Waals surface area contributed by atoms with E-state index in [4.69, 9.17) is 10.5 Å². The van der Waals surface area contributed by atoms with E-state index >= 15 is 0 Å². The molecule has 1 fully saturated rings. The van der Waals surface area contributed by atoms with Crippen molar-refractivity contribution in [3.05, 3.63) is 51.7 Å². The lowest BCUT2D eigenvalue weighted by Gasteiger charge is -2.48. The first-order valence-electron chi connectivity index (χ1n) is 9.68. The van der Waals surface area contributed by atoms with E-state index < -0.39 is 29.3 Å². The highest BCUT2D eigenvalue weighted by Crippen LogP contribution is 2.43. The Morgan fingerprint density at radius 2 is 2.06 bits per heavy atom. The van der Waals surface area contributed by atoms with Crippen molar-refractivity contribution < 1.29 is 24.2 Å². The minimum Gasteiger partial charge on any atom is -0.477 e. The van der Waals surface area contributed by atoms with E-state index in [-0.39, 0.29) is 12.1 Å². The van der Waals surface area contributed by atoms with E-state index in [0.29, 0.717) is 23.6 Å². The van der Waals surface area contributed by atoms with Crippen molar-refractivity contribution in [1.29, 1.82) is 0 Å². The number of rotatable bonds is 8. The summed E-state index contributed by atoms with van der Waals surface area (Å²) in [6.07, 6.45) is -0.994. The molecule has 2 aromatic rings. The molecule has 1 aromatic heterocycles. The number of hydrogen-bond donors (Lipinski definition) is 2. The van der Waals surface area contributed by atoms with Crippen molar-refractivity contribution in [2.45, 2.75) is 35.7 Å². The maximum atomic E-state index is 12.7. The Morgan fingerprint density at radius 3 is 2.72 bits per heavy atom. The van der Waals surface area contributed by atoms with Crippen LogP contribution in [0.25, 0.3) is 0 Å². The van der Waals surface area contributed by atoms with Gasteiger partial charge in [-0.2, -0.15) is 0 Å². The molecule has 1 amide bonds. The van der Waals surface area contributed by atoms with Gasteiger partial charge in [-0.3, -0.25) is 14.5 Å². The number of aromatic nitrogens is 2. The van der Waals surface area contributed by atoms with Crippen LogP contribution >= 0.6 is 34.9 Å². The monoisotopic (exact) mass is 492 g/mol. The molecule has 1 aromatic carbocycles. The lowest BCUT2D eigenvalue weighted by atomic mass is 10.0. The van der Waals surface area contributed by atoms with Crippen LogP contribution in [0.1, 0.15) is 16.1 Å². The summed E-state index contributed by atoms with van der Waals surface area (Å²) in [6, 6.07) is 7.27. The van der Waals surface area contributed by atoms with Gasteiger partial charge in [0.15, 0.2) is 4.34 Å². The Labute approximate surface area is 196 Å². The number of benzene rings is 1. The molecule has 168 valence electrons. The Morgan fingerprint density at radius 1 is 1.31 bits per heavy atom. The van der Waals surface area contributed by atoms with Gasteiger partial charge >= 0.3 is 11.9 Å². The first-order chi connectivity index (χ1) is 15.4. The molecule has 0 aliphatic carbocycles. The third-order valence-electron chi connectivity index (χ3n) is 5.01. The third-order valence-corrected chi connectivity index (χ3v) is 8.38. The molecule has 9 nitrogen and oxygen atoms in total. The van der Waals surface area contributed by atoms with Crippen molar-refractivity contribution in [1.82, 2.24) is 15.1 Å². The lowest BCUT2D eigenvalue weighted by molar-refractivity contribution is -0.174. The minimum atomic E-state index is -1.17. The van der Waals surface area contributed by atoms with Gasteiger partial charge in [-0.1, -0.05) is 47.4 Å². The molecule has 4 rings (SSSR count). The molecule has 3 N–H and O–H groups in total. The second kappa shape index (κ2) is 9.61. The average Bonchev–Trinajstić information content (AvgIpc) is 3.20. The number of nitrogens with zero attached hydrogens (tertiary/aromatic N) is 3. The zero-order valence-electron chi connectivity index (χ0n) is 17.0. The summed E-state index contributed by atoms with van der Waals surface area (Å²) < 4.78 is 6.18. The number of carboxylic acid groups (broad SMARTS) is 1. The van der Waals surface area contributed by atoms with Gasteiger partial charge in [0.05, 0.1) is 6.42 Å². The topological polar surface area (TPSA) is 136 Å². The normalized spacial score (nSPS) is 20.1. The fourth-order valence-electron chi connectivity index (χ4n) is 3.49. The van der Waals surface area contributed by atoms with Crippen molar-refractivity contribution in [3.8, 4) is 0 Å². The van der Waals surface area contributed by atoms with Gasteiger partial charge in [0.1, 0.15) is 16.1 Å². The van der Waals surface area contributed by atoms with Crippen molar-refractivity contribution in [2.75, 3.05) is 11.5 Å². The van der Waals surface area contributed by atoms with Crippen molar-refractivity contribution in [3.63, 3.8) is 0 Å². The van der Waals surface area contributed by atoms with E-state index in [2.05, 4.69) is 10.2 Å². The predicted octanol–water partition coefficient (Wildman–Crippen LogP) is 1.81. The molecule has 2 aliphatic rings. The van der Waals surface area contributed by atoms with Gasteiger partial charge in [-0.15, -0.1) is 22.0 Å². The van der Waals surface area contributed by atoms with Gasteiger partial charge in [0, 0.05) is 18.1 Å². The molecule has 0 saturated carbocycles. The molecule has 0 unspecified atom stereocenters.